The molecule has 31 heavy (non-hydrogen) atoms. The lowest BCUT2D eigenvalue weighted by atomic mass is 9.52. The maximum Gasteiger partial charge on any atom is 0.306 e. The number of likely N-dealkylation sites (N-methyl/N-ethyl adjacent to an activating group) is 1. The molecular formula is C22H28ClNO7. The van der Waals surface area contributed by atoms with E-state index in [1.165, 1.54) is 27.4 Å². The molecule has 1 spiro atoms. The molecule has 0 aromatic rings. The summed E-state index contributed by atoms with van der Waals surface area (Å²) in [5.41, 5.74) is -3.15. The highest BCUT2D eigenvalue weighted by molar-refractivity contribution is 6.25. The van der Waals surface area contributed by atoms with Gasteiger partial charge < -0.3 is 18.9 Å². The predicted octanol–water partition coefficient (Wildman–Crippen LogP) is 1.96. The first-order chi connectivity index (χ1) is 14.7. The maximum absolute atomic E-state index is 13.8. The van der Waals surface area contributed by atoms with Crippen LogP contribution in [0, 0.1) is 10.8 Å². The van der Waals surface area contributed by atoms with Crippen molar-refractivity contribution < 1.29 is 33.3 Å². The highest BCUT2D eigenvalue weighted by atomic mass is 35.5. The van der Waals surface area contributed by atoms with Crippen LogP contribution in [0.4, 0.5) is 0 Å². The number of allylic oxidation sites excluding steroid dienone is 2. The van der Waals surface area contributed by atoms with E-state index in [9.17, 15) is 14.4 Å². The fourth-order valence-corrected chi connectivity index (χ4v) is 7.41. The van der Waals surface area contributed by atoms with E-state index in [1.54, 1.807) is 6.92 Å². The van der Waals surface area contributed by atoms with Crippen molar-refractivity contribution in [1.29, 1.82) is 0 Å². The summed E-state index contributed by atoms with van der Waals surface area (Å²) in [4.78, 5) is 41.5. The molecule has 3 unspecified atom stereocenters. The van der Waals surface area contributed by atoms with E-state index >= 15 is 0 Å². The van der Waals surface area contributed by atoms with Gasteiger partial charge in [-0.25, -0.2) is 0 Å². The van der Waals surface area contributed by atoms with Crippen molar-refractivity contribution in [3.8, 4) is 0 Å². The number of ether oxygens (including phenoxy) is 4. The molecule has 8 nitrogen and oxygen atoms in total. The molecule has 0 aromatic carbocycles. The minimum absolute atomic E-state index is 0.0351. The van der Waals surface area contributed by atoms with Crippen LogP contribution in [0.5, 0.6) is 0 Å². The normalized spacial score (nSPS) is 39.5. The van der Waals surface area contributed by atoms with Crippen LogP contribution in [-0.4, -0.2) is 74.4 Å². The summed E-state index contributed by atoms with van der Waals surface area (Å²) < 4.78 is 22.6. The van der Waals surface area contributed by atoms with Crippen LogP contribution >= 0.6 is 11.6 Å². The first-order valence-electron chi connectivity index (χ1n) is 10.4. The van der Waals surface area contributed by atoms with Gasteiger partial charge in [-0.05, 0) is 26.4 Å². The topological polar surface area (TPSA) is 91.4 Å². The van der Waals surface area contributed by atoms with Crippen LogP contribution in [0.3, 0.4) is 0 Å². The van der Waals surface area contributed by atoms with E-state index in [1.807, 2.05) is 7.05 Å². The van der Waals surface area contributed by atoms with E-state index in [4.69, 9.17) is 30.5 Å². The minimum Gasteiger partial charge on any atom is -0.497 e. The van der Waals surface area contributed by atoms with Crippen molar-refractivity contribution in [3.63, 3.8) is 0 Å². The molecule has 9 heteroatoms. The van der Waals surface area contributed by atoms with Gasteiger partial charge in [0.15, 0.2) is 17.6 Å². The number of methoxy groups -OCH3 is 3. The molecule has 0 bridgehead atoms. The third kappa shape index (κ3) is 2.32. The summed E-state index contributed by atoms with van der Waals surface area (Å²) in [6.07, 6.45) is 1.39. The van der Waals surface area contributed by atoms with Gasteiger partial charge in [0.05, 0.1) is 32.2 Å². The smallest absolute Gasteiger partial charge is 0.306 e. The summed E-state index contributed by atoms with van der Waals surface area (Å²) in [5, 5.41) is -0.726. The Morgan fingerprint density at radius 2 is 1.94 bits per heavy atom. The van der Waals surface area contributed by atoms with Gasteiger partial charge in [-0.1, -0.05) is 6.92 Å². The summed E-state index contributed by atoms with van der Waals surface area (Å²) in [6.45, 7) is 2.30. The Hall–Kier alpha value is -2.06. The van der Waals surface area contributed by atoms with Gasteiger partial charge in [0.25, 0.3) is 0 Å². The highest BCUT2D eigenvalue weighted by Crippen LogP contribution is 2.75. The third-order valence-corrected chi connectivity index (χ3v) is 8.41. The Balaban J connectivity index is 2.02. The van der Waals surface area contributed by atoms with Crippen molar-refractivity contribution in [1.82, 2.24) is 4.90 Å². The molecule has 1 saturated carbocycles. The van der Waals surface area contributed by atoms with Crippen molar-refractivity contribution in [2.24, 2.45) is 10.8 Å². The van der Waals surface area contributed by atoms with Crippen LogP contribution in [-0.2, 0) is 33.3 Å². The fraction of sp³-hybridized carbons (Fsp3) is 0.682. The Bertz CT molecular complexity index is 914. The molecule has 1 saturated heterocycles. The zero-order chi connectivity index (χ0) is 22.8. The number of halogens is 1. The molecule has 1 aliphatic heterocycles. The molecule has 2 fully saturated rings. The molecule has 1 heterocycles. The number of rotatable bonds is 5. The third-order valence-electron chi connectivity index (χ3n) is 7.91. The number of carbonyl (C=O) groups is 3. The fourth-order valence-electron chi connectivity index (χ4n) is 6.76. The molecule has 4 rings (SSSR count). The molecule has 0 N–H and O–H groups in total. The Labute approximate surface area is 186 Å². The molecular weight excluding hydrogens is 426 g/mol. The largest absolute Gasteiger partial charge is 0.497 e. The van der Waals surface area contributed by atoms with Gasteiger partial charge in [0.1, 0.15) is 11.2 Å². The average Bonchev–Trinajstić information content (AvgIpc) is 3.28. The molecule has 170 valence electrons. The van der Waals surface area contributed by atoms with Crippen LogP contribution < -0.4 is 0 Å². The van der Waals surface area contributed by atoms with Gasteiger partial charge in [0, 0.05) is 24.3 Å². The van der Waals surface area contributed by atoms with Crippen LogP contribution in [0.25, 0.3) is 0 Å². The van der Waals surface area contributed by atoms with Gasteiger partial charge in [-0.15, -0.1) is 11.6 Å². The maximum atomic E-state index is 13.8. The second kappa shape index (κ2) is 7.24. The Kier molecular flexibility index (Phi) is 5.17. The molecule has 0 amide bonds. The van der Waals surface area contributed by atoms with Gasteiger partial charge >= 0.3 is 5.97 Å². The number of ketones is 2. The van der Waals surface area contributed by atoms with Crippen molar-refractivity contribution in [3.05, 3.63) is 23.4 Å². The zero-order valence-corrected chi connectivity index (χ0v) is 19.2. The number of alkyl halides is 1. The number of likely N-dealkylation sites (tertiary alicyclic amines) is 1. The van der Waals surface area contributed by atoms with E-state index in [0.717, 1.165) is 0 Å². The van der Waals surface area contributed by atoms with Crippen molar-refractivity contribution in [2.45, 2.75) is 49.6 Å². The minimum atomic E-state index is -1.35. The summed E-state index contributed by atoms with van der Waals surface area (Å²) in [6, 6.07) is 0. The first kappa shape index (κ1) is 22.1. The number of hydrogen-bond donors (Lipinski definition) is 0. The van der Waals surface area contributed by atoms with Gasteiger partial charge in [0.2, 0.25) is 11.5 Å². The molecule has 5 atom stereocenters. The number of Topliss-reactive ketones (excluding diaryl/α,β-unsaturated/α-hetero) is 1. The van der Waals surface area contributed by atoms with Crippen LogP contribution in [0.15, 0.2) is 23.4 Å². The highest BCUT2D eigenvalue weighted by Gasteiger charge is 2.84. The summed E-state index contributed by atoms with van der Waals surface area (Å²) in [5.74, 6) is -0.207. The van der Waals surface area contributed by atoms with E-state index in [0.29, 0.717) is 25.1 Å². The lowest BCUT2D eigenvalue weighted by Crippen LogP contribution is -2.63. The lowest BCUT2D eigenvalue weighted by molar-refractivity contribution is -0.168. The van der Waals surface area contributed by atoms with E-state index in [-0.39, 0.29) is 35.9 Å². The number of esters is 1. The van der Waals surface area contributed by atoms with Crippen LogP contribution in [0.1, 0.15) is 32.6 Å². The number of hydrogen-bond acceptors (Lipinski definition) is 8. The van der Waals surface area contributed by atoms with E-state index in [2.05, 4.69) is 4.90 Å². The monoisotopic (exact) mass is 453 g/mol. The van der Waals surface area contributed by atoms with Crippen molar-refractivity contribution in [2.75, 3.05) is 34.9 Å². The second-order valence-electron chi connectivity index (χ2n) is 8.66. The Morgan fingerprint density at radius 1 is 1.23 bits per heavy atom. The second-order valence-corrected chi connectivity index (χ2v) is 9.19. The molecule has 4 aliphatic rings. The lowest BCUT2D eigenvalue weighted by Gasteiger charge is -2.53. The van der Waals surface area contributed by atoms with Gasteiger partial charge in [-0.3, -0.25) is 19.3 Å². The average molecular weight is 454 g/mol. The molecule has 3 aliphatic carbocycles. The van der Waals surface area contributed by atoms with E-state index < -0.39 is 33.8 Å². The van der Waals surface area contributed by atoms with Gasteiger partial charge in [-0.2, -0.15) is 0 Å². The first-order valence-corrected chi connectivity index (χ1v) is 10.9. The quantitative estimate of drug-likeness (QED) is 0.461. The standard InChI is InChI=1S/C22H28ClNO7/c1-6-16(27)31-18-13(28-3)9-15(26)22(18)14(23)11-21-19(30-5)17(29-4)12(25)10-20(21,22)7-8-24(21)2/h9,14,18H,6-8,10-11H2,1-5H3/t14-,18?,20?,21?,22+/m0/s1. The number of nitrogens with zero attached hydrogens (tertiary/aromatic N) is 1. The molecule has 0 aromatic heterocycles. The summed E-state index contributed by atoms with van der Waals surface area (Å²) >= 11 is 7.05. The van der Waals surface area contributed by atoms with Crippen LogP contribution in [0.2, 0.25) is 0 Å². The molecule has 0 radical (unpaired) electrons. The van der Waals surface area contributed by atoms with Crippen molar-refractivity contribution >= 4 is 29.1 Å². The number of carbonyl (C=O) groups excluding carboxylic acids is 3. The predicted molar refractivity (Wildman–Crippen MR) is 110 cm³/mol. The Morgan fingerprint density at radius 3 is 2.52 bits per heavy atom. The SMILES string of the molecule is CCC(=O)OC1C(OC)=CC(=O)[C@]12[C@@H](Cl)CC13C(OC)=C(OC)C(=O)CC12CCN3C. The zero-order valence-electron chi connectivity index (χ0n) is 18.5. The summed E-state index contributed by atoms with van der Waals surface area (Å²) in [7, 11) is 6.30.